The number of hydrogen-bond acceptors (Lipinski definition) is 2. The van der Waals surface area contributed by atoms with Crippen LogP contribution in [0.4, 0.5) is 0 Å². The Bertz CT molecular complexity index is 500. The fourth-order valence-corrected chi connectivity index (χ4v) is 2.01. The second-order valence-corrected chi connectivity index (χ2v) is 4.44. The molecule has 1 aromatic carbocycles. The lowest BCUT2D eigenvalue weighted by atomic mass is 10.2. The van der Waals surface area contributed by atoms with Crippen molar-refractivity contribution < 1.29 is 0 Å². The van der Waals surface area contributed by atoms with Gasteiger partial charge in [-0.2, -0.15) is 0 Å². The highest BCUT2D eigenvalue weighted by atomic mass is 15.3. The fourth-order valence-electron chi connectivity index (χ4n) is 2.01. The largest absolute Gasteiger partial charge is 0.283 e. The average Bonchev–Trinajstić information content (AvgIpc) is 2.68. The van der Waals surface area contributed by atoms with Crippen molar-refractivity contribution in [2.75, 3.05) is 0 Å². The number of rotatable bonds is 4. The summed E-state index contributed by atoms with van der Waals surface area (Å²) in [6.45, 7) is 6.31. The summed E-state index contributed by atoms with van der Waals surface area (Å²) in [5.41, 5.74) is 2.43. The van der Waals surface area contributed by atoms with Crippen LogP contribution in [0, 0.1) is 13.8 Å². The third-order valence-electron chi connectivity index (χ3n) is 2.91. The van der Waals surface area contributed by atoms with Gasteiger partial charge in [-0.1, -0.05) is 25.5 Å². The molecule has 3 heteroatoms. The van der Waals surface area contributed by atoms with Crippen molar-refractivity contribution in [1.82, 2.24) is 14.8 Å². The monoisotopic (exact) mass is 229 g/mol. The molecule has 0 spiro atoms. The Labute approximate surface area is 103 Å². The SMILES string of the molecule is CCCCc1nnc(C)n1-c1cccc(C)c1. The number of unbranched alkanes of at least 4 members (excludes halogenated alkanes) is 1. The molecule has 0 aliphatic carbocycles. The van der Waals surface area contributed by atoms with E-state index in [0.717, 1.165) is 24.5 Å². The smallest absolute Gasteiger partial charge is 0.137 e. The number of aromatic nitrogens is 3. The van der Waals surface area contributed by atoms with Crippen molar-refractivity contribution in [3.8, 4) is 5.69 Å². The quantitative estimate of drug-likeness (QED) is 0.806. The van der Waals surface area contributed by atoms with Gasteiger partial charge >= 0.3 is 0 Å². The molecular weight excluding hydrogens is 210 g/mol. The summed E-state index contributed by atoms with van der Waals surface area (Å²) >= 11 is 0. The summed E-state index contributed by atoms with van der Waals surface area (Å²) in [6, 6.07) is 8.47. The second kappa shape index (κ2) is 5.13. The van der Waals surface area contributed by atoms with Crippen molar-refractivity contribution in [3.05, 3.63) is 41.5 Å². The Morgan fingerprint density at radius 1 is 1.18 bits per heavy atom. The highest BCUT2D eigenvalue weighted by Gasteiger charge is 2.09. The van der Waals surface area contributed by atoms with E-state index in [1.54, 1.807) is 0 Å². The lowest BCUT2D eigenvalue weighted by molar-refractivity contribution is 0.733. The highest BCUT2D eigenvalue weighted by Crippen LogP contribution is 2.15. The summed E-state index contributed by atoms with van der Waals surface area (Å²) < 4.78 is 2.16. The minimum absolute atomic E-state index is 0.960. The zero-order chi connectivity index (χ0) is 12.3. The van der Waals surface area contributed by atoms with Gasteiger partial charge in [0, 0.05) is 12.1 Å². The van der Waals surface area contributed by atoms with E-state index in [2.05, 4.69) is 52.9 Å². The van der Waals surface area contributed by atoms with Gasteiger partial charge in [0.05, 0.1) is 0 Å². The molecule has 0 aliphatic rings. The van der Waals surface area contributed by atoms with Gasteiger partial charge in [-0.15, -0.1) is 10.2 Å². The Morgan fingerprint density at radius 2 is 2.00 bits per heavy atom. The summed E-state index contributed by atoms with van der Waals surface area (Å²) in [4.78, 5) is 0. The first kappa shape index (κ1) is 11.8. The van der Waals surface area contributed by atoms with E-state index in [4.69, 9.17) is 0 Å². The fraction of sp³-hybridized carbons (Fsp3) is 0.429. The summed E-state index contributed by atoms with van der Waals surface area (Å²) in [5, 5.41) is 8.46. The molecule has 0 N–H and O–H groups in total. The zero-order valence-electron chi connectivity index (χ0n) is 10.8. The number of hydrogen-bond donors (Lipinski definition) is 0. The number of benzene rings is 1. The maximum absolute atomic E-state index is 4.27. The van der Waals surface area contributed by atoms with Gasteiger partial charge in [0.1, 0.15) is 11.6 Å². The highest BCUT2D eigenvalue weighted by molar-refractivity contribution is 5.37. The normalized spacial score (nSPS) is 10.8. The predicted molar refractivity (Wildman–Crippen MR) is 69.4 cm³/mol. The van der Waals surface area contributed by atoms with Crippen LogP contribution in [0.1, 0.15) is 37.0 Å². The van der Waals surface area contributed by atoms with Crippen molar-refractivity contribution in [1.29, 1.82) is 0 Å². The van der Waals surface area contributed by atoms with Gasteiger partial charge in [0.15, 0.2) is 0 Å². The zero-order valence-corrected chi connectivity index (χ0v) is 10.8. The van der Waals surface area contributed by atoms with Gasteiger partial charge in [0.25, 0.3) is 0 Å². The van der Waals surface area contributed by atoms with Gasteiger partial charge < -0.3 is 0 Å². The Morgan fingerprint density at radius 3 is 2.71 bits per heavy atom. The lowest BCUT2D eigenvalue weighted by Gasteiger charge is -2.09. The van der Waals surface area contributed by atoms with Crippen LogP contribution >= 0.6 is 0 Å². The van der Waals surface area contributed by atoms with Crippen LogP contribution in [0.2, 0.25) is 0 Å². The third-order valence-corrected chi connectivity index (χ3v) is 2.91. The molecule has 3 nitrogen and oxygen atoms in total. The van der Waals surface area contributed by atoms with Crippen LogP contribution in [0.5, 0.6) is 0 Å². The van der Waals surface area contributed by atoms with Crippen LogP contribution in [0.25, 0.3) is 5.69 Å². The number of aryl methyl sites for hydroxylation is 3. The van der Waals surface area contributed by atoms with E-state index in [1.165, 1.54) is 17.7 Å². The molecular formula is C14H19N3. The van der Waals surface area contributed by atoms with E-state index < -0.39 is 0 Å². The van der Waals surface area contributed by atoms with Gasteiger partial charge in [-0.3, -0.25) is 4.57 Å². The topological polar surface area (TPSA) is 30.7 Å². The molecule has 0 saturated heterocycles. The van der Waals surface area contributed by atoms with Crippen LogP contribution in [-0.4, -0.2) is 14.8 Å². The van der Waals surface area contributed by atoms with Gasteiger partial charge in [-0.05, 0) is 38.0 Å². The van der Waals surface area contributed by atoms with Crippen molar-refractivity contribution in [2.24, 2.45) is 0 Å². The maximum atomic E-state index is 4.27. The number of nitrogens with zero attached hydrogens (tertiary/aromatic N) is 3. The minimum atomic E-state index is 0.960. The predicted octanol–water partition coefficient (Wildman–Crippen LogP) is 3.23. The van der Waals surface area contributed by atoms with E-state index >= 15 is 0 Å². The molecule has 90 valence electrons. The van der Waals surface area contributed by atoms with Crippen LogP contribution in [-0.2, 0) is 6.42 Å². The molecule has 0 radical (unpaired) electrons. The van der Waals surface area contributed by atoms with Crippen LogP contribution < -0.4 is 0 Å². The van der Waals surface area contributed by atoms with Gasteiger partial charge in [0.2, 0.25) is 0 Å². The summed E-state index contributed by atoms with van der Waals surface area (Å²) in [6.07, 6.45) is 3.33. The Hall–Kier alpha value is -1.64. The molecule has 1 heterocycles. The molecule has 0 atom stereocenters. The first-order valence-electron chi connectivity index (χ1n) is 6.20. The van der Waals surface area contributed by atoms with E-state index in [9.17, 15) is 0 Å². The van der Waals surface area contributed by atoms with Gasteiger partial charge in [-0.25, -0.2) is 0 Å². The van der Waals surface area contributed by atoms with Crippen LogP contribution in [0.3, 0.4) is 0 Å². The van der Waals surface area contributed by atoms with E-state index in [0.29, 0.717) is 0 Å². The standard InChI is InChI=1S/C14H19N3/c1-4-5-9-14-16-15-12(3)17(14)13-8-6-7-11(2)10-13/h6-8,10H,4-5,9H2,1-3H3. The van der Waals surface area contributed by atoms with Crippen LogP contribution in [0.15, 0.2) is 24.3 Å². The average molecular weight is 229 g/mol. The molecule has 0 amide bonds. The molecule has 17 heavy (non-hydrogen) atoms. The molecule has 1 aromatic heterocycles. The molecule has 0 bridgehead atoms. The summed E-state index contributed by atoms with van der Waals surface area (Å²) in [5.74, 6) is 2.02. The summed E-state index contributed by atoms with van der Waals surface area (Å²) in [7, 11) is 0. The molecule has 2 rings (SSSR count). The third kappa shape index (κ3) is 2.54. The Balaban J connectivity index is 2.39. The van der Waals surface area contributed by atoms with E-state index in [1.807, 2.05) is 6.92 Å². The molecule has 0 saturated carbocycles. The van der Waals surface area contributed by atoms with Crippen molar-refractivity contribution >= 4 is 0 Å². The first-order valence-corrected chi connectivity index (χ1v) is 6.20. The molecule has 2 aromatic rings. The minimum Gasteiger partial charge on any atom is -0.283 e. The Kier molecular flexibility index (Phi) is 3.57. The lowest BCUT2D eigenvalue weighted by Crippen LogP contribution is -2.03. The molecule has 0 fully saturated rings. The second-order valence-electron chi connectivity index (χ2n) is 4.44. The van der Waals surface area contributed by atoms with Crippen molar-refractivity contribution in [2.45, 2.75) is 40.0 Å². The van der Waals surface area contributed by atoms with E-state index in [-0.39, 0.29) is 0 Å². The first-order chi connectivity index (χ1) is 8.22. The maximum Gasteiger partial charge on any atom is 0.137 e. The molecule has 0 aliphatic heterocycles. The van der Waals surface area contributed by atoms with Crippen molar-refractivity contribution in [3.63, 3.8) is 0 Å². The molecule has 0 unspecified atom stereocenters.